The summed E-state index contributed by atoms with van der Waals surface area (Å²) in [6.07, 6.45) is 6.90. The van der Waals surface area contributed by atoms with Crippen molar-refractivity contribution in [3.63, 3.8) is 0 Å². The van der Waals surface area contributed by atoms with E-state index in [0.29, 0.717) is 12.3 Å². The van der Waals surface area contributed by atoms with E-state index in [2.05, 4.69) is 12.2 Å². The van der Waals surface area contributed by atoms with Gasteiger partial charge in [-0.3, -0.25) is 4.79 Å². The van der Waals surface area contributed by atoms with Gasteiger partial charge in [-0.1, -0.05) is 19.3 Å². The monoisotopic (exact) mass is 211 g/mol. The first-order valence-corrected chi connectivity index (χ1v) is 6.02. The molecule has 1 saturated heterocycles. The van der Waals surface area contributed by atoms with E-state index in [1.165, 1.54) is 19.3 Å². The number of carbonyl (C=O) groups excluding carboxylic acids is 1. The van der Waals surface area contributed by atoms with E-state index >= 15 is 0 Å². The van der Waals surface area contributed by atoms with Crippen LogP contribution in [0, 0.1) is 5.92 Å². The molecule has 1 heterocycles. The van der Waals surface area contributed by atoms with Gasteiger partial charge in [0.25, 0.3) is 0 Å². The fourth-order valence-corrected chi connectivity index (χ4v) is 3.27. The minimum absolute atomic E-state index is 0.0603. The largest absolute Gasteiger partial charge is 0.381 e. The lowest BCUT2D eigenvalue weighted by Crippen LogP contribution is -2.50. The maximum Gasteiger partial charge on any atom is 0.220 e. The molecule has 0 aromatic heterocycles. The molecule has 2 aliphatic rings. The van der Waals surface area contributed by atoms with Crippen molar-refractivity contribution in [1.82, 2.24) is 5.32 Å². The second-order valence-corrected chi connectivity index (χ2v) is 5.02. The molecule has 3 heteroatoms. The smallest absolute Gasteiger partial charge is 0.220 e. The van der Waals surface area contributed by atoms with E-state index in [-0.39, 0.29) is 17.6 Å². The highest BCUT2D eigenvalue weighted by atomic mass is 16.5. The van der Waals surface area contributed by atoms with Crippen LogP contribution in [0.15, 0.2) is 0 Å². The number of hydrogen-bond acceptors (Lipinski definition) is 2. The number of nitrogens with one attached hydrogen (secondary N) is 1. The Morgan fingerprint density at radius 2 is 2.07 bits per heavy atom. The summed E-state index contributed by atoms with van der Waals surface area (Å²) in [5, 5.41) is 3.22. The number of rotatable bonds is 2. The van der Waals surface area contributed by atoms with Crippen molar-refractivity contribution in [2.75, 3.05) is 7.11 Å². The number of carbonyl (C=O) groups is 1. The second-order valence-electron chi connectivity index (χ2n) is 5.02. The number of hydrogen-bond donors (Lipinski definition) is 1. The first-order valence-electron chi connectivity index (χ1n) is 6.02. The summed E-state index contributed by atoms with van der Waals surface area (Å²) in [5.41, 5.74) is 0.0603. The summed E-state index contributed by atoms with van der Waals surface area (Å²) in [6.45, 7) is 2.08. The van der Waals surface area contributed by atoms with Crippen LogP contribution >= 0.6 is 0 Å². The molecular weight excluding hydrogens is 190 g/mol. The van der Waals surface area contributed by atoms with Crippen molar-refractivity contribution in [2.45, 2.75) is 57.1 Å². The average molecular weight is 211 g/mol. The Bertz CT molecular complexity index is 246. The van der Waals surface area contributed by atoms with E-state index in [1.807, 2.05) is 0 Å². The standard InChI is InChI=1S/C12H21NO2/c1-9(15-2)10-8-11(14)13-12(10)6-4-3-5-7-12/h9-10H,3-8H2,1-2H3,(H,13,14). The molecule has 1 aliphatic heterocycles. The van der Waals surface area contributed by atoms with Crippen LogP contribution in [0.3, 0.4) is 0 Å². The lowest BCUT2D eigenvalue weighted by atomic mass is 9.72. The molecule has 2 atom stereocenters. The van der Waals surface area contributed by atoms with Gasteiger partial charge in [-0.05, 0) is 19.8 Å². The maximum atomic E-state index is 11.6. The van der Waals surface area contributed by atoms with Crippen LogP contribution in [-0.4, -0.2) is 24.7 Å². The highest BCUT2D eigenvalue weighted by Gasteiger charge is 2.48. The van der Waals surface area contributed by atoms with E-state index in [4.69, 9.17) is 4.74 Å². The molecule has 3 nitrogen and oxygen atoms in total. The summed E-state index contributed by atoms with van der Waals surface area (Å²) in [7, 11) is 1.74. The molecule has 2 fully saturated rings. The van der Waals surface area contributed by atoms with Crippen LogP contribution in [-0.2, 0) is 9.53 Å². The molecule has 0 aromatic rings. The van der Waals surface area contributed by atoms with Crippen molar-refractivity contribution in [3.8, 4) is 0 Å². The summed E-state index contributed by atoms with van der Waals surface area (Å²) in [4.78, 5) is 11.6. The van der Waals surface area contributed by atoms with Crippen LogP contribution in [0.5, 0.6) is 0 Å². The van der Waals surface area contributed by atoms with Crippen LogP contribution in [0.1, 0.15) is 45.4 Å². The first kappa shape index (κ1) is 10.9. The van der Waals surface area contributed by atoms with Crippen molar-refractivity contribution in [1.29, 1.82) is 0 Å². The lowest BCUT2D eigenvalue weighted by molar-refractivity contribution is -0.120. The van der Waals surface area contributed by atoms with Crippen LogP contribution in [0.25, 0.3) is 0 Å². The van der Waals surface area contributed by atoms with Gasteiger partial charge in [0, 0.05) is 25.0 Å². The molecule has 86 valence electrons. The Balaban J connectivity index is 2.16. The summed E-state index contributed by atoms with van der Waals surface area (Å²) >= 11 is 0. The second kappa shape index (κ2) is 4.12. The van der Waals surface area contributed by atoms with E-state index in [1.54, 1.807) is 7.11 Å². The topological polar surface area (TPSA) is 38.3 Å². The molecular formula is C12H21NO2. The number of methoxy groups -OCH3 is 1. The molecule has 0 bridgehead atoms. The fraction of sp³-hybridized carbons (Fsp3) is 0.917. The zero-order chi connectivity index (χ0) is 10.9. The van der Waals surface area contributed by atoms with Gasteiger partial charge in [-0.2, -0.15) is 0 Å². The van der Waals surface area contributed by atoms with Gasteiger partial charge in [0.05, 0.1) is 6.10 Å². The maximum absolute atomic E-state index is 11.6. The van der Waals surface area contributed by atoms with Crippen molar-refractivity contribution < 1.29 is 9.53 Å². The Morgan fingerprint density at radius 1 is 1.40 bits per heavy atom. The lowest BCUT2D eigenvalue weighted by Gasteiger charge is -2.40. The van der Waals surface area contributed by atoms with Crippen LogP contribution in [0.2, 0.25) is 0 Å². The van der Waals surface area contributed by atoms with Gasteiger partial charge in [0.1, 0.15) is 0 Å². The number of amides is 1. The van der Waals surface area contributed by atoms with Gasteiger partial charge < -0.3 is 10.1 Å². The summed E-state index contributed by atoms with van der Waals surface area (Å²) in [6, 6.07) is 0. The van der Waals surface area contributed by atoms with Gasteiger partial charge in [-0.15, -0.1) is 0 Å². The molecule has 0 aromatic carbocycles. The third-order valence-electron chi connectivity index (χ3n) is 4.19. The quantitative estimate of drug-likeness (QED) is 0.757. The third-order valence-corrected chi connectivity index (χ3v) is 4.19. The molecule has 1 saturated carbocycles. The molecule has 1 amide bonds. The van der Waals surface area contributed by atoms with Gasteiger partial charge >= 0.3 is 0 Å². The fourth-order valence-electron chi connectivity index (χ4n) is 3.27. The Morgan fingerprint density at radius 3 is 2.67 bits per heavy atom. The Hall–Kier alpha value is -0.570. The highest BCUT2D eigenvalue weighted by molar-refractivity contribution is 5.80. The van der Waals surface area contributed by atoms with E-state index < -0.39 is 0 Å². The van der Waals surface area contributed by atoms with Crippen LogP contribution in [0.4, 0.5) is 0 Å². The third kappa shape index (κ3) is 1.89. The molecule has 1 N–H and O–H groups in total. The predicted molar refractivity (Wildman–Crippen MR) is 58.5 cm³/mol. The van der Waals surface area contributed by atoms with Crippen molar-refractivity contribution in [3.05, 3.63) is 0 Å². The van der Waals surface area contributed by atoms with Crippen LogP contribution < -0.4 is 5.32 Å². The minimum Gasteiger partial charge on any atom is -0.381 e. The SMILES string of the molecule is COC(C)C1CC(=O)NC12CCCCC2. The zero-order valence-electron chi connectivity index (χ0n) is 9.71. The van der Waals surface area contributed by atoms with Gasteiger partial charge in [0.2, 0.25) is 5.91 Å². The molecule has 2 rings (SSSR count). The molecule has 2 unspecified atom stereocenters. The highest BCUT2D eigenvalue weighted by Crippen LogP contribution is 2.41. The number of ether oxygens (including phenoxy) is 1. The Kier molecular flexibility index (Phi) is 3.01. The first-order chi connectivity index (χ1) is 7.18. The molecule has 15 heavy (non-hydrogen) atoms. The minimum atomic E-state index is 0.0603. The van der Waals surface area contributed by atoms with E-state index in [9.17, 15) is 4.79 Å². The van der Waals surface area contributed by atoms with Gasteiger partial charge in [0.15, 0.2) is 0 Å². The Labute approximate surface area is 91.6 Å². The summed E-state index contributed by atoms with van der Waals surface area (Å²) < 4.78 is 5.42. The van der Waals surface area contributed by atoms with Crippen molar-refractivity contribution >= 4 is 5.91 Å². The molecule has 1 aliphatic carbocycles. The molecule has 1 spiro atoms. The molecule has 0 radical (unpaired) electrons. The average Bonchev–Trinajstić information content (AvgIpc) is 2.55. The zero-order valence-corrected chi connectivity index (χ0v) is 9.71. The van der Waals surface area contributed by atoms with E-state index in [0.717, 1.165) is 12.8 Å². The van der Waals surface area contributed by atoms with Gasteiger partial charge in [-0.25, -0.2) is 0 Å². The summed E-state index contributed by atoms with van der Waals surface area (Å²) in [5.74, 6) is 0.584. The van der Waals surface area contributed by atoms with Crippen molar-refractivity contribution in [2.24, 2.45) is 5.92 Å². The normalized spacial score (nSPS) is 31.6. The predicted octanol–water partition coefficient (Wildman–Crippen LogP) is 1.86.